The molecule has 5 heteroatoms. The van der Waals surface area contributed by atoms with Crippen molar-refractivity contribution in [2.45, 2.75) is 13.3 Å². The van der Waals surface area contributed by atoms with E-state index in [0.29, 0.717) is 23.2 Å². The fourth-order valence-corrected chi connectivity index (χ4v) is 1.77. The number of pyridine rings is 2. The molecule has 18 heavy (non-hydrogen) atoms. The maximum absolute atomic E-state index is 6.14. The molecule has 0 saturated heterocycles. The second-order valence-corrected chi connectivity index (χ2v) is 4.22. The van der Waals surface area contributed by atoms with Crippen LogP contribution in [0.15, 0.2) is 30.7 Å². The summed E-state index contributed by atoms with van der Waals surface area (Å²) in [7, 11) is 0. The maximum atomic E-state index is 6.14. The summed E-state index contributed by atoms with van der Waals surface area (Å²) < 4.78 is 5.49. The van der Waals surface area contributed by atoms with Crippen molar-refractivity contribution in [3.05, 3.63) is 35.7 Å². The lowest BCUT2D eigenvalue weighted by Crippen LogP contribution is -1.98. The van der Waals surface area contributed by atoms with Crippen LogP contribution in [0.4, 0.5) is 5.69 Å². The van der Waals surface area contributed by atoms with Crippen molar-refractivity contribution < 1.29 is 4.74 Å². The highest BCUT2D eigenvalue weighted by Gasteiger charge is 2.09. The first-order valence-corrected chi connectivity index (χ1v) is 6.08. The molecule has 2 heterocycles. The summed E-state index contributed by atoms with van der Waals surface area (Å²) in [4.78, 5) is 8.08. The van der Waals surface area contributed by atoms with E-state index in [1.807, 2.05) is 13.0 Å². The molecule has 0 aliphatic rings. The van der Waals surface area contributed by atoms with Crippen LogP contribution in [0.2, 0.25) is 5.02 Å². The van der Waals surface area contributed by atoms with Crippen LogP contribution in [0.1, 0.15) is 13.3 Å². The summed E-state index contributed by atoms with van der Waals surface area (Å²) >= 11 is 6.14. The Bertz CT molecular complexity index is 546. The normalized spacial score (nSPS) is 10.3. The number of rotatable bonds is 4. The zero-order valence-corrected chi connectivity index (χ0v) is 10.8. The number of nitrogens with zero attached hydrogens (tertiary/aromatic N) is 2. The molecule has 0 bridgehead atoms. The van der Waals surface area contributed by atoms with Gasteiger partial charge in [-0.3, -0.25) is 4.98 Å². The molecule has 4 nitrogen and oxygen atoms in total. The average Bonchev–Trinajstić information content (AvgIpc) is 2.39. The third-order valence-electron chi connectivity index (χ3n) is 2.43. The summed E-state index contributed by atoms with van der Waals surface area (Å²) in [6, 6.07) is 3.61. The van der Waals surface area contributed by atoms with Crippen LogP contribution in [0.5, 0.6) is 5.88 Å². The van der Waals surface area contributed by atoms with Gasteiger partial charge in [0.05, 0.1) is 29.7 Å². The third kappa shape index (κ3) is 2.71. The smallest absolute Gasteiger partial charge is 0.213 e. The van der Waals surface area contributed by atoms with Crippen LogP contribution < -0.4 is 10.5 Å². The molecule has 2 aromatic rings. The topological polar surface area (TPSA) is 61.0 Å². The van der Waals surface area contributed by atoms with Crippen molar-refractivity contribution in [1.29, 1.82) is 0 Å². The summed E-state index contributed by atoms with van der Waals surface area (Å²) in [6.07, 6.45) is 5.77. The number of hydrogen-bond donors (Lipinski definition) is 1. The van der Waals surface area contributed by atoms with Gasteiger partial charge < -0.3 is 10.5 Å². The first kappa shape index (κ1) is 12.6. The minimum Gasteiger partial charge on any atom is -0.478 e. The van der Waals surface area contributed by atoms with Gasteiger partial charge in [-0.2, -0.15) is 0 Å². The predicted molar refractivity (Wildman–Crippen MR) is 72.7 cm³/mol. The van der Waals surface area contributed by atoms with E-state index in [0.717, 1.165) is 17.5 Å². The van der Waals surface area contributed by atoms with E-state index < -0.39 is 0 Å². The van der Waals surface area contributed by atoms with Gasteiger partial charge in [-0.05, 0) is 12.5 Å². The second-order valence-electron chi connectivity index (χ2n) is 3.81. The quantitative estimate of drug-likeness (QED) is 0.920. The Kier molecular flexibility index (Phi) is 3.99. The minimum atomic E-state index is 0.539. The van der Waals surface area contributed by atoms with Crippen molar-refractivity contribution in [3.63, 3.8) is 0 Å². The van der Waals surface area contributed by atoms with Crippen LogP contribution in [0.3, 0.4) is 0 Å². The predicted octanol–water partition coefficient (Wildman–Crippen LogP) is 3.17. The largest absolute Gasteiger partial charge is 0.478 e. The van der Waals surface area contributed by atoms with Gasteiger partial charge in [-0.15, -0.1) is 0 Å². The fraction of sp³-hybridized carbons (Fsp3) is 0.231. The van der Waals surface area contributed by atoms with Crippen LogP contribution in [0, 0.1) is 0 Å². The van der Waals surface area contributed by atoms with Gasteiger partial charge in [0.15, 0.2) is 0 Å². The highest BCUT2D eigenvalue weighted by atomic mass is 35.5. The van der Waals surface area contributed by atoms with E-state index in [2.05, 4.69) is 9.97 Å². The molecule has 0 radical (unpaired) electrons. The molecule has 0 amide bonds. The molecule has 0 spiro atoms. The highest BCUT2D eigenvalue weighted by molar-refractivity contribution is 6.33. The van der Waals surface area contributed by atoms with Gasteiger partial charge in [-0.1, -0.05) is 18.5 Å². The molecule has 0 aliphatic heterocycles. The molecule has 2 aromatic heterocycles. The molecule has 0 unspecified atom stereocenters. The van der Waals surface area contributed by atoms with Crippen LogP contribution >= 0.6 is 11.6 Å². The van der Waals surface area contributed by atoms with Gasteiger partial charge in [-0.25, -0.2) is 4.98 Å². The van der Waals surface area contributed by atoms with Gasteiger partial charge >= 0.3 is 0 Å². The van der Waals surface area contributed by atoms with E-state index in [9.17, 15) is 0 Å². The summed E-state index contributed by atoms with van der Waals surface area (Å²) in [5, 5.41) is 0.539. The second kappa shape index (κ2) is 5.69. The lowest BCUT2D eigenvalue weighted by molar-refractivity contribution is 0.305. The number of aromatic nitrogens is 2. The number of ether oxygens (including phenoxy) is 1. The Labute approximate surface area is 111 Å². The molecule has 0 aromatic carbocycles. The Morgan fingerprint density at radius 1 is 1.33 bits per heavy atom. The lowest BCUT2D eigenvalue weighted by atomic mass is 10.1. The van der Waals surface area contributed by atoms with Crippen LogP contribution in [-0.2, 0) is 0 Å². The number of nitrogen functional groups attached to an aromatic ring is 1. The lowest BCUT2D eigenvalue weighted by Gasteiger charge is -2.09. The van der Waals surface area contributed by atoms with Crippen molar-refractivity contribution in [1.82, 2.24) is 9.97 Å². The van der Waals surface area contributed by atoms with Crippen molar-refractivity contribution in [2.24, 2.45) is 0 Å². The van der Waals surface area contributed by atoms with Gasteiger partial charge in [0, 0.05) is 23.4 Å². The SMILES string of the molecule is CCCOc1cc(-c2ccncc2N)c(Cl)cn1. The Balaban J connectivity index is 2.40. The third-order valence-corrected chi connectivity index (χ3v) is 2.73. The highest BCUT2D eigenvalue weighted by Crippen LogP contribution is 2.32. The number of anilines is 1. The van der Waals surface area contributed by atoms with Gasteiger partial charge in [0.1, 0.15) is 0 Å². The van der Waals surface area contributed by atoms with Gasteiger partial charge in [0.2, 0.25) is 5.88 Å². The van der Waals surface area contributed by atoms with E-state index >= 15 is 0 Å². The Morgan fingerprint density at radius 2 is 2.17 bits per heavy atom. The monoisotopic (exact) mass is 263 g/mol. The zero-order valence-electron chi connectivity index (χ0n) is 10.1. The van der Waals surface area contributed by atoms with Crippen LogP contribution in [0.25, 0.3) is 11.1 Å². The standard InChI is InChI=1S/C13H14ClN3O/c1-2-5-18-13-6-10(11(14)7-17-13)9-3-4-16-8-12(9)15/h3-4,6-8H,2,5,15H2,1H3. The number of hydrogen-bond acceptors (Lipinski definition) is 4. The van der Waals surface area contributed by atoms with Crippen molar-refractivity contribution in [2.75, 3.05) is 12.3 Å². The summed E-state index contributed by atoms with van der Waals surface area (Å²) in [6.45, 7) is 2.66. The molecular formula is C13H14ClN3O. The van der Waals surface area contributed by atoms with E-state index in [1.165, 1.54) is 0 Å². The summed E-state index contributed by atoms with van der Waals surface area (Å²) in [5.41, 5.74) is 8.10. The van der Waals surface area contributed by atoms with Crippen molar-refractivity contribution >= 4 is 17.3 Å². The summed E-state index contributed by atoms with van der Waals surface area (Å²) in [5.74, 6) is 0.549. The number of halogens is 1. The Morgan fingerprint density at radius 3 is 2.89 bits per heavy atom. The first-order valence-electron chi connectivity index (χ1n) is 5.70. The molecule has 2 N–H and O–H groups in total. The van der Waals surface area contributed by atoms with E-state index in [1.54, 1.807) is 24.7 Å². The van der Waals surface area contributed by atoms with Gasteiger partial charge in [0.25, 0.3) is 0 Å². The molecule has 0 saturated carbocycles. The molecule has 0 atom stereocenters. The van der Waals surface area contributed by atoms with Crippen LogP contribution in [-0.4, -0.2) is 16.6 Å². The van der Waals surface area contributed by atoms with Crippen molar-refractivity contribution in [3.8, 4) is 17.0 Å². The minimum absolute atomic E-state index is 0.539. The molecule has 0 aliphatic carbocycles. The fourth-order valence-electron chi connectivity index (χ4n) is 1.56. The molecule has 94 valence electrons. The Hall–Kier alpha value is -1.81. The zero-order chi connectivity index (χ0) is 13.0. The van der Waals surface area contributed by atoms with E-state index in [-0.39, 0.29) is 0 Å². The first-order chi connectivity index (χ1) is 8.72. The average molecular weight is 264 g/mol. The molecule has 0 fully saturated rings. The molecular weight excluding hydrogens is 250 g/mol. The van der Waals surface area contributed by atoms with E-state index in [4.69, 9.17) is 22.1 Å². The number of nitrogens with two attached hydrogens (primary N) is 1. The maximum Gasteiger partial charge on any atom is 0.213 e. The molecule has 2 rings (SSSR count).